The van der Waals surface area contributed by atoms with Gasteiger partial charge in [0.15, 0.2) is 11.5 Å². The van der Waals surface area contributed by atoms with Gasteiger partial charge in [0.1, 0.15) is 0 Å². The van der Waals surface area contributed by atoms with Crippen LogP contribution in [0.4, 0.5) is 5.13 Å². The summed E-state index contributed by atoms with van der Waals surface area (Å²) in [6.07, 6.45) is 1.53. The summed E-state index contributed by atoms with van der Waals surface area (Å²) in [7, 11) is 0. The fraction of sp³-hybridized carbons (Fsp3) is 0.333. The van der Waals surface area contributed by atoms with Gasteiger partial charge in [-0.2, -0.15) is 0 Å². The summed E-state index contributed by atoms with van der Waals surface area (Å²) in [6.45, 7) is 2.91. The molecule has 0 N–H and O–H groups in total. The molecule has 97 valence electrons. The third-order valence-corrected chi connectivity index (χ3v) is 2.37. The van der Waals surface area contributed by atoms with Crippen molar-refractivity contribution in [3.63, 3.8) is 0 Å². The second-order valence-electron chi connectivity index (χ2n) is 3.54. The molecular formula is C9H8CoN3O4S+. The Labute approximate surface area is 117 Å². The number of hydrogen-bond acceptors (Lipinski definition) is 8. The van der Waals surface area contributed by atoms with E-state index in [1.807, 2.05) is 0 Å². The molecule has 0 amide bonds. The van der Waals surface area contributed by atoms with Gasteiger partial charge in [-0.1, -0.05) is 0 Å². The Morgan fingerprint density at radius 3 is 2.67 bits per heavy atom. The van der Waals surface area contributed by atoms with Crippen LogP contribution in [0.1, 0.15) is 13.8 Å². The van der Waals surface area contributed by atoms with Crippen molar-refractivity contribution in [3.8, 4) is 0 Å². The summed E-state index contributed by atoms with van der Waals surface area (Å²) in [5.41, 5.74) is -0.487. The Bertz CT molecular complexity index is 498. The molecule has 0 atom stereocenters. The molecule has 2 rings (SSSR count). The maximum absolute atomic E-state index is 11.4. The normalized spacial score (nSPS) is 18.2. The predicted molar refractivity (Wildman–Crippen MR) is 54.9 cm³/mol. The molecule has 0 saturated heterocycles. The Hall–Kier alpha value is -1.45. The molecule has 2 heterocycles. The van der Waals surface area contributed by atoms with Crippen molar-refractivity contribution < 1.29 is 36.2 Å². The van der Waals surface area contributed by atoms with Gasteiger partial charge in [0.25, 0.3) is 0 Å². The summed E-state index contributed by atoms with van der Waals surface area (Å²) >= 11 is 1.22. The number of aromatic nitrogens is 1. The average Bonchev–Trinajstić information content (AvgIpc) is 2.67. The number of rotatable bonds is 2. The minimum atomic E-state index is -1.27. The maximum Gasteiger partial charge on any atom is 2.00 e. The minimum Gasteiger partial charge on any atom is -0.573 e. The van der Waals surface area contributed by atoms with Crippen LogP contribution in [0.2, 0.25) is 0 Å². The molecular weight excluding hydrogens is 305 g/mol. The number of carbonyl (C=O) groups excluding carboxylic acids is 1. The van der Waals surface area contributed by atoms with Crippen LogP contribution in [0, 0.1) is 0 Å². The van der Waals surface area contributed by atoms with E-state index >= 15 is 0 Å². The van der Waals surface area contributed by atoms with Gasteiger partial charge >= 0.3 is 22.7 Å². The second-order valence-corrected chi connectivity index (χ2v) is 4.42. The molecule has 1 aromatic rings. The fourth-order valence-electron chi connectivity index (χ4n) is 1.09. The SMILES string of the molecule is CC1(C)OC(=O)C(N=Nc2nccs2)=C([O-])O1.[Co+2]. The van der Waals surface area contributed by atoms with Crippen LogP contribution < -0.4 is 5.11 Å². The van der Waals surface area contributed by atoms with Gasteiger partial charge in [-0.15, -0.1) is 21.6 Å². The number of thiazole rings is 1. The molecule has 0 bridgehead atoms. The molecule has 0 unspecified atom stereocenters. The van der Waals surface area contributed by atoms with E-state index in [0.29, 0.717) is 5.13 Å². The zero-order valence-corrected chi connectivity index (χ0v) is 11.2. The van der Waals surface area contributed by atoms with Crippen molar-refractivity contribution in [2.75, 3.05) is 0 Å². The smallest absolute Gasteiger partial charge is 0.573 e. The second kappa shape index (κ2) is 5.46. The minimum absolute atomic E-state index is 0. The van der Waals surface area contributed by atoms with E-state index in [1.54, 1.807) is 5.38 Å². The van der Waals surface area contributed by atoms with Crippen LogP contribution in [0.3, 0.4) is 0 Å². The Morgan fingerprint density at radius 1 is 1.39 bits per heavy atom. The molecule has 0 aliphatic carbocycles. The predicted octanol–water partition coefficient (Wildman–Crippen LogP) is 1.06. The first-order chi connectivity index (χ1) is 7.98. The van der Waals surface area contributed by atoms with Gasteiger partial charge in [-0.25, -0.2) is 9.78 Å². The summed E-state index contributed by atoms with van der Waals surface area (Å²) in [5.74, 6) is -2.98. The number of azo groups is 1. The van der Waals surface area contributed by atoms with Crippen molar-refractivity contribution in [3.05, 3.63) is 23.2 Å². The zero-order chi connectivity index (χ0) is 12.5. The molecule has 0 fully saturated rings. The fourth-order valence-corrected chi connectivity index (χ4v) is 1.54. The topological polar surface area (TPSA) is 96.2 Å². The van der Waals surface area contributed by atoms with Gasteiger partial charge in [-0.05, 0) is 13.8 Å². The number of ether oxygens (including phenoxy) is 2. The van der Waals surface area contributed by atoms with Crippen molar-refractivity contribution in [2.24, 2.45) is 10.2 Å². The van der Waals surface area contributed by atoms with E-state index in [9.17, 15) is 9.90 Å². The van der Waals surface area contributed by atoms with Gasteiger partial charge in [0.2, 0.25) is 5.13 Å². The van der Waals surface area contributed by atoms with Gasteiger partial charge in [0, 0.05) is 11.6 Å². The monoisotopic (exact) mass is 313 g/mol. The van der Waals surface area contributed by atoms with Crippen molar-refractivity contribution in [1.29, 1.82) is 0 Å². The van der Waals surface area contributed by atoms with E-state index < -0.39 is 23.4 Å². The first-order valence-electron chi connectivity index (χ1n) is 4.63. The van der Waals surface area contributed by atoms with E-state index in [2.05, 4.69) is 15.2 Å². The van der Waals surface area contributed by atoms with Crippen LogP contribution in [-0.4, -0.2) is 16.7 Å². The summed E-state index contributed by atoms with van der Waals surface area (Å²) in [4.78, 5) is 15.3. The van der Waals surface area contributed by atoms with Crippen molar-refractivity contribution in [1.82, 2.24) is 4.98 Å². The Kier molecular flexibility index (Phi) is 4.43. The number of nitrogens with zero attached hydrogens (tertiary/aromatic N) is 3. The summed E-state index contributed by atoms with van der Waals surface area (Å²) in [5, 5.41) is 20.6. The van der Waals surface area contributed by atoms with Crippen LogP contribution >= 0.6 is 11.3 Å². The molecule has 1 aliphatic heterocycles. The standard InChI is InChI=1S/C9H9N3O4S.Co/c1-9(2)15-6(13)5(7(14)16-9)11-12-8-10-3-4-17-8;/h3-4,13H,1-2H3;/q;+2/p-1. The molecule has 1 radical (unpaired) electrons. The first-order valence-corrected chi connectivity index (χ1v) is 5.51. The van der Waals surface area contributed by atoms with E-state index in [1.165, 1.54) is 31.4 Å². The summed E-state index contributed by atoms with van der Waals surface area (Å²) in [6, 6.07) is 0. The Morgan fingerprint density at radius 2 is 2.11 bits per heavy atom. The van der Waals surface area contributed by atoms with E-state index in [0.717, 1.165) is 0 Å². The zero-order valence-electron chi connectivity index (χ0n) is 9.37. The Balaban J connectivity index is 0.00000162. The molecule has 7 nitrogen and oxygen atoms in total. The van der Waals surface area contributed by atoms with Crippen LogP contribution in [-0.2, 0) is 31.0 Å². The number of carbonyl (C=O) groups is 1. The third-order valence-electron chi connectivity index (χ3n) is 1.72. The quantitative estimate of drug-likeness (QED) is 0.601. The molecule has 0 aromatic carbocycles. The van der Waals surface area contributed by atoms with Crippen molar-refractivity contribution in [2.45, 2.75) is 19.6 Å². The van der Waals surface area contributed by atoms with Crippen LogP contribution in [0.15, 0.2) is 33.4 Å². The average molecular weight is 313 g/mol. The molecule has 18 heavy (non-hydrogen) atoms. The van der Waals surface area contributed by atoms with Gasteiger partial charge < -0.3 is 14.6 Å². The van der Waals surface area contributed by atoms with Gasteiger partial charge in [-0.3, -0.25) is 0 Å². The number of esters is 1. The molecule has 0 saturated carbocycles. The maximum atomic E-state index is 11.4. The molecule has 1 aromatic heterocycles. The van der Waals surface area contributed by atoms with E-state index in [-0.39, 0.29) is 16.8 Å². The van der Waals surface area contributed by atoms with Crippen LogP contribution in [0.25, 0.3) is 0 Å². The number of hydrogen-bond donors (Lipinski definition) is 0. The molecule has 9 heteroatoms. The van der Waals surface area contributed by atoms with Gasteiger partial charge in [0.05, 0.1) is 5.95 Å². The third kappa shape index (κ3) is 3.28. The van der Waals surface area contributed by atoms with Crippen LogP contribution in [0.5, 0.6) is 0 Å². The molecule has 1 aliphatic rings. The number of cyclic esters (lactones) is 1. The molecule has 0 spiro atoms. The van der Waals surface area contributed by atoms with Crippen molar-refractivity contribution >= 4 is 22.4 Å². The van der Waals surface area contributed by atoms with E-state index in [4.69, 9.17) is 9.47 Å². The largest absolute Gasteiger partial charge is 2.00 e. The summed E-state index contributed by atoms with van der Waals surface area (Å²) < 4.78 is 9.67. The first kappa shape index (κ1) is 14.6.